The minimum absolute atomic E-state index is 0.439. The summed E-state index contributed by atoms with van der Waals surface area (Å²) in [6.07, 6.45) is 0. The van der Waals surface area contributed by atoms with Gasteiger partial charge in [0.25, 0.3) is 0 Å². The number of hydrogen-bond acceptors (Lipinski definition) is 3. The second-order valence-electron chi connectivity index (χ2n) is 15.9. The van der Waals surface area contributed by atoms with Crippen molar-refractivity contribution in [3.63, 3.8) is 0 Å². The fourth-order valence-electron chi connectivity index (χ4n) is 9.97. The van der Waals surface area contributed by atoms with Crippen molar-refractivity contribution in [2.45, 2.75) is 5.41 Å². The molecule has 3 heteroatoms. The first-order chi connectivity index (χ1) is 30.3. The van der Waals surface area contributed by atoms with E-state index in [1.165, 1.54) is 44.5 Å². The summed E-state index contributed by atoms with van der Waals surface area (Å²) in [5.74, 6) is 1.87. The standard InChI is InChI=1S/C58H37N3/c1-4-19-38(20-5-1)41-35-42(39-21-6-2-7-22-39)37-43(36-41)56-59-55(40-23-8-3-9-24-40)60-57(61-56)48-28-11-10-25-44(48)47-30-18-34-53-54(47)49-29-14-17-33-52(49)58(53)50-31-15-12-26-45(50)46-27-13-16-32-51(46)58/h1-37H. The van der Waals surface area contributed by atoms with Crippen LogP contribution in [0.25, 0.3) is 89.8 Å². The molecule has 0 aliphatic heterocycles. The molecule has 61 heavy (non-hydrogen) atoms. The summed E-state index contributed by atoms with van der Waals surface area (Å²) in [5, 5.41) is 0. The van der Waals surface area contributed by atoms with Crippen molar-refractivity contribution in [1.29, 1.82) is 0 Å². The van der Waals surface area contributed by atoms with Crippen molar-refractivity contribution in [2.24, 2.45) is 0 Å². The fourth-order valence-corrected chi connectivity index (χ4v) is 9.97. The third-order valence-electron chi connectivity index (χ3n) is 12.6. The Morgan fingerprint density at radius 2 is 0.607 bits per heavy atom. The first-order valence-electron chi connectivity index (χ1n) is 20.9. The predicted molar refractivity (Wildman–Crippen MR) is 249 cm³/mol. The number of aromatic nitrogens is 3. The summed E-state index contributed by atoms with van der Waals surface area (Å²) in [7, 11) is 0. The Balaban J connectivity index is 1.09. The zero-order valence-corrected chi connectivity index (χ0v) is 33.2. The molecule has 0 fully saturated rings. The third-order valence-corrected chi connectivity index (χ3v) is 12.6. The Hall–Kier alpha value is -8.01. The van der Waals surface area contributed by atoms with Gasteiger partial charge in [0, 0.05) is 16.7 Å². The Bertz CT molecular complexity index is 3200. The maximum Gasteiger partial charge on any atom is 0.164 e. The molecule has 0 saturated carbocycles. The van der Waals surface area contributed by atoms with Crippen molar-refractivity contribution < 1.29 is 0 Å². The van der Waals surface area contributed by atoms with Gasteiger partial charge in [0.2, 0.25) is 0 Å². The summed E-state index contributed by atoms with van der Waals surface area (Å²) in [5.41, 5.74) is 19.4. The molecule has 0 amide bonds. The Labute approximate surface area is 355 Å². The molecule has 2 aliphatic rings. The summed E-state index contributed by atoms with van der Waals surface area (Å²) in [4.78, 5) is 15.9. The Morgan fingerprint density at radius 1 is 0.230 bits per heavy atom. The molecule has 1 spiro atoms. The summed E-state index contributed by atoms with van der Waals surface area (Å²) in [6.45, 7) is 0. The monoisotopic (exact) mass is 775 g/mol. The molecule has 284 valence electrons. The number of fused-ring (bicyclic) bond motifs is 10. The normalized spacial score (nSPS) is 12.7. The van der Waals surface area contributed by atoms with E-state index >= 15 is 0 Å². The smallest absolute Gasteiger partial charge is 0.164 e. The van der Waals surface area contributed by atoms with Crippen LogP contribution in [0, 0.1) is 0 Å². The van der Waals surface area contributed by atoms with Gasteiger partial charge in [-0.25, -0.2) is 15.0 Å². The summed E-state index contributed by atoms with van der Waals surface area (Å²) < 4.78 is 0. The largest absolute Gasteiger partial charge is 0.208 e. The number of rotatable bonds is 6. The lowest BCUT2D eigenvalue weighted by atomic mass is 9.70. The quantitative estimate of drug-likeness (QED) is 0.169. The summed E-state index contributed by atoms with van der Waals surface area (Å²) in [6, 6.07) is 80.4. The van der Waals surface area contributed by atoms with Crippen LogP contribution in [0.4, 0.5) is 0 Å². The lowest BCUT2D eigenvalue weighted by Crippen LogP contribution is -2.25. The van der Waals surface area contributed by atoms with Crippen LogP contribution in [0.15, 0.2) is 224 Å². The lowest BCUT2D eigenvalue weighted by Gasteiger charge is -2.30. The van der Waals surface area contributed by atoms with E-state index in [0.717, 1.165) is 50.1 Å². The first-order valence-corrected chi connectivity index (χ1v) is 20.9. The van der Waals surface area contributed by atoms with Gasteiger partial charge in [-0.3, -0.25) is 0 Å². The van der Waals surface area contributed by atoms with Crippen LogP contribution in [-0.2, 0) is 5.41 Å². The third kappa shape index (κ3) is 5.48. The highest BCUT2D eigenvalue weighted by Crippen LogP contribution is 2.64. The molecule has 0 bridgehead atoms. The predicted octanol–water partition coefficient (Wildman–Crippen LogP) is 14.2. The van der Waals surface area contributed by atoms with Gasteiger partial charge in [-0.15, -0.1) is 0 Å². The molecule has 9 aromatic carbocycles. The van der Waals surface area contributed by atoms with E-state index in [1.807, 2.05) is 18.2 Å². The van der Waals surface area contributed by atoms with Crippen molar-refractivity contribution in [3.8, 4) is 89.8 Å². The van der Waals surface area contributed by atoms with Crippen LogP contribution < -0.4 is 0 Å². The van der Waals surface area contributed by atoms with Gasteiger partial charge in [-0.05, 0) is 96.1 Å². The van der Waals surface area contributed by atoms with E-state index in [4.69, 9.17) is 15.0 Å². The molecule has 0 atom stereocenters. The van der Waals surface area contributed by atoms with Crippen molar-refractivity contribution in [2.75, 3.05) is 0 Å². The van der Waals surface area contributed by atoms with Crippen LogP contribution in [0.1, 0.15) is 22.3 Å². The minimum atomic E-state index is -0.439. The second-order valence-corrected chi connectivity index (χ2v) is 15.9. The van der Waals surface area contributed by atoms with Gasteiger partial charge in [-0.2, -0.15) is 0 Å². The number of hydrogen-bond donors (Lipinski definition) is 0. The maximum atomic E-state index is 5.40. The number of nitrogens with zero attached hydrogens (tertiary/aromatic N) is 3. The minimum Gasteiger partial charge on any atom is -0.208 e. The molecule has 0 radical (unpaired) electrons. The van der Waals surface area contributed by atoms with E-state index in [1.54, 1.807) is 0 Å². The molecular formula is C58H37N3. The van der Waals surface area contributed by atoms with E-state index in [9.17, 15) is 0 Å². The average molecular weight is 776 g/mol. The molecule has 10 aromatic rings. The van der Waals surface area contributed by atoms with Crippen LogP contribution in [0.5, 0.6) is 0 Å². The highest BCUT2D eigenvalue weighted by molar-refractivity contribution is 6.01. The molecule has 0 saturated heterocycles. The van der Waals surface area contributed by atoms with E-state index < -0.39 is 5.41 Å². The van der Waals surface area contributed by atoms with Crippen LogP contribution in [-0.4, -0.2) is 15.0 Å². The molecule has 12 rings (SSSR count). The highest BCUT2D eigenvalue weighted by atomic mass is 15.0. The number of benzene rings is 9. The van der Waals surface area contributed by atoms with Gasteiger partial charge in [-0.1, -0.05) is 206 Å². The van der Waals surface area contributed by atoms with Crippen molar-refractivity contribution in [3.05, 3.63) is 247 Å². The van der Waals surface area contributed by atoms with Gasteiger partial charge in [0.15, 0.2) is 17.5 Å². The molecule has 0 N–H and O–H groups in total. The zero-order chi connectivity index (χ0) is 40.3. The van der Waals surface area contributed by atoms with Gasteiger partial charge < -0.3 is 0 Å². The van der Waals surface area contributed by atoms with Gasteiger partial charge >= 0.3 is 0 Å². The fraction of sp³-hybridized carbons (Fsp3) is 0.0172. The second kappa shape index (κ2) is 14.1. The molecule has 1 heterocycles. The Morgan fingerprint density at radius 3 is 1.18 bits per heavy atom. The van der Waals surface area contributed by atoms with Gasteiger partial charge in [0.05, 0.1) is 5.41 Å². The van der Waals surface area contributed by atoms with Crippen molar-refractivity contribution in [1.82, 2.24) is 15.0 Å². The van der Waals surface area contributed by atoms with E-state index in [0.29, 0.717) is 17.5 Å². The molecule has 1 aromatic heterocycles. The average Bonchev–Trinajstić information content (AvgIpc) is 3.82. The van der Waals surface area contributed by atoms with E-state index in [-0.39, 0.29) is 0 Å². The molecular weight excluding hydrogens is 739 g/mol. The maximum absolute atomic E-state index is 5.40. The van der Waals surface area contributed by atoms with Crippen LogP contribution >= 0.6 is 0 Å². The SMILES string of the molecule is c1ccc(-c2cc(-c3ccccc3)cc(-c3nc(-c4ccccc4)nc(-c4ccccc4-c4cccc5c4-c4ccccc4C54c5ccccc5-c5ccccc54)n3)c2)cc1. The molecule has 3 nitrogen and oxygen atoms in total. The summed E-state index contributed by atoms with van der Waals surface area (Å²) >= 11 is 0. The molecule has 2 aliphatic carbocycles. The highest BCUT2D eigenvalue weighted by Gasteiger charge is 2.52. The Kier molecular flexibility index (Phi) is 8.07. The van der Waals surface area contributed by atoms with Crippen molar-refractivity contribution >= 4 is 0 Å². The first kappa shape index (κ1) is 35.0. The topological polar surface area (TPSA) is 38.7 Å². The van der Waals surface area contributed by atoms with E-state index in [2.05, 4.69) is 206 Å². The van der Waals surface area contributed by atoms with Crippen LogP contribution in [0.2, 0.25) is 0 Å². The van der Waals surface area contributed by atoms with Crippen LogP contribution in [0.3, 0.4) is 0 Å². The zero-order valence-electron chi connectivity index (χ0n) is 33.2. The molecule has 0 unspecified atom stereocenters. The lowest BCUT2D eigenvalue weighted by molar-refractivity contribution is 0.794. The van der Waals surface area contributed by atoms with Gasteiger partial charge in [0.1, 0.15) is 0 Å².